The van der Waals surface area contributed by atoms with Gasteiger partial charge in [0.05, 0.1) is 0 Å². The number of carbonyl (C=O) groups excluding carboxylic acids is 1. The smallest absolute Gasteiger partial charge is 0.328 e. The van der Waals surface area contributed by atoms with Gasteiger partial charge in [-0.3, -0.25) is 4.79 Å². The molecule has 1 atom stereocenters. The van der Waals surface area contributed by atoms with Crippen LogP contribution in [-0.4, -0.2) is 23.1 Å². The lowest BCUT2D eigenvalue weighted by Crippen LogP contribution is -2.34. The Balaban J connectivity index is 2.43. The van der Waals surface area contributed by atoms with E-state index in [1.165, 1.54) is 0 Å². The first kappa shape index (κ1) is 12.2. The quantitative estimate of drug-likeness (QED) is 0.568. The van der Waals surface area contributed by atoms with Gasteiger partial charge in [0.1, 0.15) is 11.8 Å². The van der Waals surface area contributed by atoms with Gasteiger partial charge >= 0.3 is 11.9 Å². The summed E-state index contributed by atoms with van der Waals surface area (Å²) in [5, 5.41) is 8.43. The number of esters is 1. The molecule has 0 aliphatic rings. The zero-order chi connectivity index (χ0) is 12.0. The van der Waals surface area contributed by atoms with E-state index in [9.17, 15) is 9.59 Å². The van der Waals surface area contributed by atoms with Crippen molar-refractivity contribution >= 4 is 11.9 Å². The Labute approximate surface area is 92.8 Å². The van der Waals surface area contributed by atoms with Crippen molar-refractivity contribution in [2.24, 2.45) is 5.73 Å². The maximum Gasteiger partial charge on any atom is 0.328 e. The zero-order valence-corrected chi connectivity index (χ0v) is 8.63. The van der Waals surface area contributed by atoms with E-state index in [2.05, 4.69) is 0 Å². The molecule has 0 radical (unpaired) electrons. The van der Waals surface area contributed by atoms with E-state index in [0.29, 0.717) is 5.75 Å². The van der Waals surface area contributed by atoms with Gasteiger partial charge in [0.25, 0.3) is 0 Å². The minimum Gasteiger partial charge on any atom is -0.481 e. The molecule has 5 heteroatoms. The van der Waals surface area contributed by atoms with Crippen LogP contribution in [-0.2, 0) is 9.59 Å². The van der Waals surface area contributed by atoms with Crippen molar-refractivity contribution in [3.63, 3.8) is 0 Å². The summed E-state index contributed by atoms with van der Waals surface area (Å²) in [5.74, 6) is -1.20. The van der Waals surface area contributed by atoms with E-state index in [-0.39, 0.29) is 12.8 Å². The highest BCUT2D eigenvalue weighted by Crippen LogP contribution is 2.09. The Morgan fingerprint density at radius 3 is 2.50 bits per heavy atom. The first-order valence-electron chi connectivity index (χ1n) is 4.83. The van der Waals surface area contributed by atoms with Gasteiger partial charge in [0, 0.05) is 6.42 Å². The number of para-hydroxylation sites is 1. The Kier molecular flexibility index (Phi) is 4.47. The van der Waals surface area contributed by atoms with Crippen molar-refractivity contribution in [1.82, 2.24) is 0 Å². The molecule has 86 valence electrons. The van der Waals surface area contributed by atoms with Crippen molar-refractivity contribution in [2.45, 2.75) is 18.9 Å². The molecule has 5 nitrogen and oxygen atoms in total. The molecule has 3 N–H and O–H groups in total. The normalized spacial score (nSPS) is 11.8. The topological polar surface area (TPSA) is 89.6 Å². The lowest BCUT2D eigenvalue weighted by molar-refractivity contribution is -0.138. The third kappa shape index (κ3) is 4.10. The average molecular weight is 223 g/mol. The van der Waals surface area contributed by atoms with Crippen LogP contribution in [0.2, 0.25) is 0 Å². The number of carboxylic acids is 1. The van der Waals surface area contributed by atoms with Gasteiger partial charge in [-0.1, -0.05) is 18.2 Å². The summed E-state index contributed by atoms with van der Waals surface area (Å²) >= 11 is 0. The minimum absolute atomic E-state index is 0.0704. The monoisotopic (exact) mass is 223 g/mol. The lowest BCUT2D eigenvalue weighted by Gasteiger charge is -2.09. The van der Waals surface area contributed by atoms with Crippen LogP contribution in [0.25, 0.3) is 0 Å². The van der Waals surface area contributed by atoms with Crippen molar-refractivity contribution < 1.29 is 19.4 Å². The van der Waals surface area contributed by atoms with E-state index < -0.39 is 18.0 Å². The third-order valence-corrected chi connectivity index (χ3v) is 1.93. The molecule has 0 unspecified atom stereocenters. The third-order valence-electron chi connectivity index (χ3n) is 1.93. The molecular weight excluding hydrogens is 210 g/mol. The van der Waals surface area contributed by atoms with Crippen LogP contribution in [0.1, 0.15) is 12.8 Å². The molecule has 0 aliphatic carbocycles. The fraction of sp³-hybridized carbons (Fsp3) is 0.273. The van der Waals surface area contributed by atoms with E-state index in [0.717, 1.165) is 0 Å². The summed E-state index contributed by atoms with van der Waals surface area (Å²) in [4.78, 5) is 21.7. The number of hydrogen-bond acceptors (Lipinski definition) is 4. The fourth-order valence-electron chi connectivity index (χ4n) is 1.08. The first-order valence-corrected chi connectivity index (χ1v) is 4.83. The highest BCUT2D eigenvalue weighted by molar-refractivity contribution is 5.78. The molecule has 0 fully saturated rings. The molecule has 0 heterocycles. The van der Waals surface area contributed by atoms with Crippen LogP contribution >= 0.6 is 0 Å². The van der Waals surface area contributed by atoms with Crippen molar-refractivity contribution in [3.8, 4) is 5.75 Å². The van der Waals surface area contributed by atoms with Crippen LogP contribution in [0.4, 0.5) is 0 Å². The summed E-state index contributed by atoms with van der Waals surface area (Å²) in [6.45, 7) is 0. The molecule has 0 aromatic heterocycles. The number of rotatable bonds is 5. The summed E-state index contributed by atoms with van der Waals surface area (Å²) < 4.78 is 4.95. The van der Waals surface area contributed by atoms with Crippen LogP contribution in [0, 0.1) is 0 Å². The predicted octanol–water partition coefficient (Wildman–Crippen LogP) is 0.784. The molecule has 0 aliphatic heterocycles. The van der Waals surface area contributed by atoms with Gasteiger partial charge in [-0.2, -0.15) is 0 Å². The number of nitrogens with two attached hydrogens (primary N) is 1. The molecule has 1 aromatic rings. The number of aliphatic carboxylic acids is 1. The molecule has 0 saturated carbocycles. The van der Waals surface area contributed by atoms with Gasteiger partial charge < -0.3 is 15.6 Å². The fourth-order valence-corrected chi connectivity index (χ4v) is 1.08. The zero-order valence-electron chi connectivity index (χ0n) is 8.63. The number of hydrogen-bond donors (Lipinski definition) is 2. The summed E-state index contributed by atoms with van der Waals surface area (Å²) in [6.07, 6.45) is -0.0773. The van der Waals surface area contributed by atoms with Gasteiger partial charge in [0.2, 0.25) is 0 Å². The van der Waals surface area contributed by atoms with Crippen molar-refractivity contribution in [3.05, 3.63) is 30.3 Å². The minimum atomic E-state index is -0.983. The van der Waals surface area contributed by atoms with Crippen LogP contribution in [0.5, 0.6) is 5.75 Å². The second kappa shape index (κ2) is 5.87. The van der Waals surface area contributed by atoms with Gasteiger partial charge in [-0.15, -0.1) is 0 Å². The van der Waals surface area contributed by atoms with E-state index in [4.69, 9.17) is 15.6 Å². The second-order valence-corrected chi connectivity index (χ2v) is 3.27. The maximum atomic E-state index is 11.4. The van der Waals surface area contributed by atoms with Crippen LogP contribution in [0.3, 0.4) is 0 Å². The SMILES string of the molecule is N[C@@H](CCC(=O)O)C(=O)Oc1ccccc1. The van der Waals surface area contributed by atoms with E-state index >= 15 is 0 Å². The summed E-state index contributed by atoms with van der Waals surface area (Å²) in [7, 11) is 0. The largest absolute Gasteiger partial charge is 0.481 e. The highest BCUT2D eigenvalue weighted by Gasteiger charge is 2.16. The molecule has 1 aromatic carbocycles. The molecule has 0 spiro atoms. The van der Waals surface area contributed by atoms with Crippen LogP contribution in [0.15, 0.2) is 30.3 Å². The summed E-state index contributed by atoms with van der Waals surface area (Å²) in [5.41, 5.74) is 5.48. The molecular formula is C11H13NO4. The molecule has 1 rings (SSSR count). The molecule has 0 amide bonds. The Bertz CT molecular complexity index is 364. The van der Waals surface area contributed by atoms with Crippen molar-refractivity contribution in [2.75, 3.05) is 0 Å². The van der Waals surface area contributed by atoms with E-state index in [1.54, 1.807) is 30.3 Å². The second-order valence-electron chi connectivity index (χ2n) is 3.27. The number of ether oxygens (including phenoxy) is 1. The first-order chi connectivity index (χ1) is 7.59. The standard InChI is InChI=1S/C11H13NO4/c12-9(6-7-10(13)14)11(15)16-8-4-2-1-3-5-8/h1-5,9H,6-7,12H2,(H,13,14)/t9-/m0/s1. The van der Waals surface area contributed by atoms with Gasteiger partial charge in [-0.05, 0) is 18.6 Å². The summed E-state index contributed by atoms with van der Waals surface area (Å²) in [6, 6.07) is 7.60. The predicted molar refractivity (Wildman–Crippen MR) is 56.9 cm³/mol. The number of benzene rings is 1. The van der Waals surface area contributed by atoms with Gasteiger partial charge in [0.15, 0.2) is 0 Å². The molecule has 16 heavy (non-hydrogen) atoms. The molecule has 0 bridgehead atoms. The highest BCUT2D eigenvalue weighted by atomic mass is 16.5. The Hall–Kier alpha value is -1.88. The Morgan fingerprint density at radius 2 is 1.94 bits per heavy atom. The van der Waals surface area contributed by atoms with E-state index in [1.807, 2.05) is 0 Å². The van der Waals surface area contributed by atoms with Crippen molar-refractivity contribution in [1.29, 1.82) is 0 Å². The maximum absolute atomic E-state index is 11.4. The average Bonchev–Trinajstić information content (AvgIpc) is 2.27. The molecule has 0 saturated heterocycles. The Morgan fingerprint density at radius 1 is 1.31 bits per heavy atom. The number of carbonyl (C=O) groups is 2. The van der Waals surface area contributed by atoms with Gasteiger partial charge in [-0.25, -0.2) is 4.79 Å². The lowest BCUT2D eigenvalue weighted by atomic mass is 10.2. The van der Waals surface area contributed by atoms with Crippen LogP contribution < -0.4 is 10.5 Å². The number of carboxylic acid groups (broad SMARTS) is 1.